The Hall–Kier alpha value is -2.12. The van der Waals surface area contributed by atoms with Crippen LogP contribution in [0.5, 0.6) is 5.75 Å². The Morgan fingerprint density at radius 3 is 2.33 bits per heavy atom. The van der Waals surface area contributed by atoms with E-state index in [1.54, 1.807) is 24.3 Å². The zero-order chi connectivity index (χ0) is 20.9. The van der Waals surface area contributed by atoms with Crippen LogP contribution in [-0.4, -0.2) is 83.5 Å². The minimum Gasteiger partial charge on any atom is -0.508 e. The number of nitrogens with zero attached hydrogens (tertiary/aromatic N) is 3. The molecule has 7 nitrogen and oxygen atoms in total. The first kappa shape index (κ1) is 21.1. The zero-order valence-electron chi connectivity index (χ0n) is 17.8. The maximum Gasteiger partial charge on any atom is 0.236 e. The zero-order valence-corrected chi connectivity index (χ0v) is 17.8. The quantitative estimate of drug-likeness (QED) is 0.722. The van der Waals surface area contributed by atoms with Gasteiger partial charge in [-0.25, -0.2) is 0 Å². The van der Waals surface area contributed by atoms with Gasteiger partial charge in [0.15, 0.2) is 0 Å². The molecule has 4 rings (SSSR count). The van der Waals surface area contributed by atoms with Crippen LogP contribution in [-0.2, 0) is 9.59 Å². The molecule has 1 aliphatic carbocycles. The second kappa shape index (κ2) is 9.79. The largest absolute Gasteiger partial charge is 0.508 e. The van der Waals surface area contributed by atoms with Gasteiger partial charge in [-0.3, -0.25) is 19.4 Å². The molecule has 2 amide bonds. The van der Waals surface area contributed by atoms with Crippen molar-refractivity contribution >= 4 is 17.5 Å². The monoisotopic (exact) mass is 414 g/mol. The predicted molar refractivity (Wildman–Crippen MR) is 116 cm³/mol. The average molecular weight is 415 g/mol. The van der Waals surface area contributed by atoms with Gasteiger partial charge < -0.3 is 15.3 Å². The number of anilines is 1. The van der Waals surface area contributed by atoms with E-state index in [0.29, 0.717) is 18.8 Å². The van der Waals surface area contributed by atoms with Gasteiger partial charge in [0.25, 0.3) is 0 Å². The van der Waals surface area contributed by atoms with Gasteiger partial charge >= 0.3 is 0 Å². The molecule has 0 aromatic heterocycles. The first-order valence-electron chi connectivity index (χ1n) is 11.4. The molecule has 3 aliphatic rings. The van der Waals surface area contributed by atoms with Crippen LogP contribution in [0.15, 0.2) is 24.3 Å². The molecule has 2 N–H and O–H groups in total. The Bertz CT molecular complexity index is 724. The molecule has 2 heterocycles. The van der Waals surface area contributed by atoms with Crippen LogP contribution in [0.25, 0.3) is 0 Å². The number of carbonyl (C=O) groups is 2. The number of amides is 2. The number of phenolic OH excluding ortho intramolecular Hbond substituents is 1. The summed E-state index contributed by atoms with van der Waals surface area (Å²) in [5.41, 5.74) is 0.683. The number of phenols is 1. The summed E-state index contributed by atoms with van der Waals surface area (Å²) in [5.74, 6) is 0.252. The lowest BCUT2D eigenvalue weighted by Gasteiger charge is -2.41. The highest BCUT2D eigenvalue weighted by atomic mass is 16.3. The van der Waals surface area contributed by atoms with Gasteiger partial charge in [-0.2, -0.15) is 0 Å². The average Bonchev–Trinajstić information content (AvgIpc) is 3.25. The SMILES string of the molecule is O=C(Nc1ccc(O)cc1)[C@@H]1CCN(CC(=O)N2CCN(C3CCCCC3)CC2)C1. The molecule has 0 bridgehead atoms. The van der Waals surface area contributed by atoms with E-state index < -0.39 is 0 Å². The van der Waals surface area contributed by atoms with Gasteiger partial charge in [-0.05, 0) is 50.1 Å². The molecule has 1 saturated carbocycles. The predicted octanol–water partition coefficient (Wildman–Crippen LogP) is 2.13. The first-order valence-corrected chi connectivity index (χ1v) is 11.4. The van der Waals surface area contributed by atoms with E-state index in [0.717, 1.165) is 45.2 Å². The summed E-state index contributed by atoms with van der Waals surface area (Å²) >= 11 is 0. The molecule has 30 heavy (non-hydrogen) atoms. The standard InChI is InChI=1S/C23H34N4O3/c28-21-8-6-19(7-9-21)24-23(30)18-10-11-25(16-18)17-22(29)27-14-12-26(13-15-27)20-4-2-1-3-5-20/h6-9,18,20,28H,1-5,10-17H2,(H,24,30)/t18-/m1/s1. The fourth-order valence-electron chi connectivity index (χ4n) is 5.05. The van der Waals surface area contributed by atoms with Crippen molar-refractivity contribution in [3.63, 3.8) is 0 Å². The van der Waals surface area contributed by atoms with Crippen molar-refractivity contribution < 1.29 is 14.7 Å². The number of likely N-dealkylation sites (tertiary alicyclic amines) is 1. The molecule has 0 unspecified atom stereocenters. The van der Waals surface area contributed by atoms with Crippen molar-refractivity contribution in [2.75, 3.05) is 51.1 Å². The number of nitrogens with one attached hydrogen (secondary N) is 1. The Kier molecular flexibility index (Phi) is 6.89. The highest BCUT2D eigenvalue weighted by Gasteiger charge is 2.32. The summed E-state index contributed by atoms with van der Waals surface area (Å²) in [4.78, 5) is 32.0. The molecule has 1 aromatic rings. The lowest BCUT2D eigenvalue weighted by molar-refractivity contribution is -0.134. The fraction of sp³-hybridized carbons (Fsp3) is 0.652. The minimum absolute atomic E-state index is 0.0169. The summed E-state index contributed by atoms with van der Waals surface area (Å²) in [5, 5.41) is 12.3. The number of carbonyl (C=O) groups excluding carboxylic acids is 2. The van der Waals surface area contributed by atoms with Crippen LogP contribution >= 0.6 is 0 Å². The van der Waals surface area contributed by atoms with Crippen molar-refractivity contribution in [3.05, 3.63) is 24.3 Å². The molecule has 1 aromatic carbocycles. The highest BCUT2D eigenvalue weighted by Crippen LogP contribution is 2.24. The molecule has 0 radical (unpaired) electrons. The molecule has 3 fully saturated rings. The fourth-order valence-corrected chi connectivity index (χ4v) is 5.05. The maximum absolute atomic E-state index is 12.8. The summed E-state index contributed by atoms with van der Waals surface area (Å²) in [6.45, 7) is 5.45. The van der Waals surface area contributed by atoms with Crippen molar-refractivity contribution in [1.82, 2.24) is 14.7 Å². The Balaban J connectivity index is 1.19. The van der Waals surface area contributed by atoms with Crippen LogP contribution in [0.4, 0.5) is 5.69 Å². The summed E-state index contributed by atoms with van der Waals surface area (Å²) in [7, 11) is 0. The van der Waals surface area contributed by atoms with Crippen molar-refractivity contribution in [1.29, 1.82) is 0 Å². The second-order valence-electron chi connectivity index (χ2n) is 8.97. The summed E-state index contributed by atoms with van der Waals surface area (Å²) < 4.78 is 0. The molecule has 7 heteroatoms. The molecule has 164 valence electrons. The normalized spacial score (nSPS) is 24.1. The number of aromatic hydroxyl groups is 1. The van der Waals surface area contributed by atoms with Crippen molar-refractivity contribution in [2.24, 2.45) is 5.92 Å². The van der Waals surface area contributed by atoms with E-state index >= 15 is 0 Å². The van der Waals surface area contributed by atoms with Gasteiger partial charge in [0.1, 0.15) is 5.75 Å². The molecule has 2 saturated heterocycles. The van der Waals surface area contributed by atoms with Gasteiger partial charge in [0.2, 0.25) is 11.8 Å². The number of piperazine rings is 1. The van der Waals surface area contributed by atoms with Gasteiger partial charge in [0.05, 0.1) is 12.5 Å². The molecular weight excluding hydrogens is 380 g/mol. The van der Waals surface area contributed by atoms with Crippen molar-refractivity contribution in [2.45, 2.75) is 44.6 Å². The molecular formula is C23H34N4O3. The third-order valence-corrected chi connectivity index (χ3v) is 6.89. The summed E-state index contributed by atoms with van der Waals surface area (Å²) in [6, 6.07) is 7.22. The Labute approximate surface area is 179 Å². The molecule has 2 aliphatic heterocycles. The Morgan fingerprint density at radius 1 is 0.933 bits per heavy atom. The van der Waals surface area contributed by atoms with E-state index in [9.17, 15) is 14.7 Å². The third kappa shape index (κ3) is 5.32. The smallest absolute Gasteiger partial charge is 0.236 e. The first-order chi connectivity index (χ1) is 14.6. The lowest BCUT2D eigenvalue weighted by atomic mass is 9.94. The number of benzene rings is 1. The maximum atomic E-state index is 12.8. The van der Waals surface area contributed by atoms with E-state index in [-0.39, 0.29) is 23.5 Å². The topological polar surface area (TPSA) is 76.1 Å². The third-order valence-electron chi connectivity index (χ3n) is 6.89. The van der Waals surface area contributed by atoms with Gasteiger partial charge in [-0.15, -0.1) is 0 Å². The van der Waals surface area contributed by atoms with E-state index in [4.69, 9.17) is 0 Å². The Morgan fingerprint density at radius 2 is 1.63 bits per heavy atom. The van der Waals surface area contributed by atoms with E-state index in [1.165, 1.54) is 32.1 Å². The van der Waals surface area contributed by atoms with Crippen LogP contribution in [0.3, 0.4) is 0 Å². The number of rotatable bonds is 5. The van der Waals surface area contributed by atoms with Crippen LogP contribution in [0.1, 0.15) is 38.5 Å². The van der Waals surface area contributed by atoms with Crippen molar-refractivity contribution in [3.8, 4) is 5.75 Å². The van der Waals surface area contributed by atoms with Gasteiger partial charge in [-0.1, -0.05) is 19.3 Å². The number of hydrogen-bond acceptors (Lipinski definition) is 5. The van der Waals surface area contributed by atoms with E-state index in [2.05, 4.69) is 15.1 Å². The lowest BCUT2D eigenvalue weighted by Crippen LogP contribution is -2.53. The minimum atomic E-state index is -0.102. The summed E-state index contributed by atoms with van der Waals surface area (Å²) in [6.07, 6.45) is 7.47. The van der Waals surface area contributed by atoms with Gasteiger partial charge in [0, 0.05) is 44.5 Å². The second-order valence-corrected chi connectivity index (χ2v) is 8.97. The molecule has 1 atom stereocenters. The van der Waals surface area contributed by atoms with Crippen LogP contribution < -0.4 is 5.32 Å². The number of hydrogen-bond donors (Lipinski definition) is 2. The molecule has 0 spiro atoms. The van der Waals surface area contributed by atoms with E-state index in [1.807, 2.05) is 4.90 Å². The van der Waals surface area contributed by atoms with Crippen LogP contribution in [0, 0.1) is 5.92 Å². The highest BCUT2D eigenvalue weighted by molar-refractivity contribution is 5.93. The van der Waals surface area contributed by atoms with Crippen LogP contribution in [0.2, 0.25) is 0 Å².